The van der Waals surface area contributed by atoms with Crippen molar-refractivity contribution in [1.29, 1.82) is 0 Å². The predicted octanol–water partition coefficient (Wildman–Crippen LogP) is 0.829. The maximum Gasteiger partial charge on any atom is 0.255 e. The van der Waals surface area contributed by atoms with Gasteiger partial charge in [0, 0.05) is 18.4 Å². The molecule has 0 spiro atoms. The van der Waals surface area contributed by atoms with Crippen LogP contribution in [-0.4, -0.2) is 25.2 Å². The lowest BCUT2D eigenvalue weighted by atomic mass is 10.2. The Labute approximate surface area is 123 Å². The first-order valence-corrected chi connectivity index (χ1v) is 7.17. The molecule has 110 valence electrons. The van der Waals surface area contributed by atoms with Gasteiger partial charge in [-0.3, -0.25) is 4.79 Å². The topological polar surface area (TPSA) is 78.2 Å². The van der Waals surface area contributed by atoms with Crippen molar-refractivity contribution in [2.75, 3.05) is 13.2 Å². The number of carbonyl (C=O) groups is 1. The summed E-state index contributed by atoms with van der Waals surface area (Å²) in [5, 5.41) is 2.74. The number of ether oxygens (including phenoxy) is 2. The molecule has 0 aromatic heterocycles. The Balaban J connectivity index is 2.13. The van der Waals surface area contributed by atoms with Crippen LogP contribution in [0, 0.1) is 0 Å². The first-order valence-electron chi connectivity index (χ1n) is 6.79. The van der Waals surface area contributed by atoms with Crippen LogP contribution in [0.1, 0.15) is 25.3 Å². The minimum Gasteiger partial charge on any atom is -0.490 e. The van der Waals surface area contributed by atoms with Gasteiger partial charge in [-0.25, -0.2) is 0 Å². The summed E-state index contributed by atoms with van der Waals surface area (Å²) in [4.78, 5) is 10.8. The van der Waals surface area contributed by atoms with Crippen LogP contribution in [0.2, 0.25) is 5.02 Å². The molecule has 20 heavy (non-hydrogen) atoms. The summed E-state index contributed by atoms with van der Waals surface area (Å²) in [5.41, 5.74) is 6.16. The molecule has 1 aliphatic carbocycles. The van der Waals surface area contributed by atoms with E-state index in [2.05, 4.69) is 5.32 Å². The zero-order valence-corrected chi connectivity index (χ0v) is 12.3. The molecule has 0 radical (unpaired) electrons. The largest absolute Gasteiger partial charge is 0.490 e. The smallest absolute Gasteiger partial charge is 0.255 e. The molecule has 1 saturated carbocycles. The summed E-state index contributed by atoms with van der Waals surface area (Å²) in [6.07, 6.45) is 2.57. The Morgan fingerprint density at radius 3 is 2.80 bits per heavy atom. The third-order valence-electron chi connectivity index (χ3n) is 3.04. The van der Waals surface area contributed by atoms with Crippen molar-refractivity contribution < 1.29 is 19.6 Å². The van der Waals surface area contributed by atoms with E-state index in [1.807, 2.05) is 19.1 Å². The van der Waals surface area contributed by atoms with Crippen LogP contribution in [0.5, 0.6) is 11.5 Å². The lowest BCUT2D eigenvalue weighted by Gasteiger charge is -2.14. The molecular weight excluding hydrogens is 280 g/mol. The Hall–Kier alpha value is -1.46. The van der Waals surface area contributed by atoms with E-state index in [0.29, 0.717) is 23.1 Å². The van der Waals surface area contributed by atoms with Crippen LogP contribution < -0.4 is 20.5 Å². The van der Waals surface area contributed by atoms with E-state index < -0.39 is 5.91 Å². The molecule has 1 aliphatic rings. The SMILES string of the molecule is CCOc1cc(C[NH2+]C2CC2)cc(Cl)c1OCC(N)=O. The van der Waals surface area contributed by atoms with E-state index in [1.54, 1.807) is 0 Å². The van der Waals surface area contributed by atoms with E-state index >= 15 is 0 Å². The van der Waals surface area contributed by atoms with Crippen molar-refractivity contribution in [1.82, 2.24) is 0 Å². The number of halogens is 1. The molecule has 1 amide bonds. The second kappa shape index (κ2) is 6.81. The molecule has 1 aromatic rings. The van der Waals surface area contributed by atoms with Crippen LogP contribution in [-0.2, 0) is 11.3 Å². The number of rotatable bonds is 8. The molecule has 0 aliphatic heterocycles. The number of nitrogens with two attached hydrogens (primary N) is 2. The maximum atomic E-state index is 10.8. The molecule has 2 rings (SSSR count). The molecule has 4 N–H and O–H groups in total. The lowest BCUT2D eigenvalue weighted by Crippen LogP contribution is -2.84. The molecule has 0 bridgehead atoms. The average Bonchev–Trinajstić information content (AvgIpc) is 3.19. The summed E-state index contributed by atoms with van der Waals surface area (Å²) in [6, 6.07) is 4.50. The zero-order chi connectivity index (χ0) is 14.5. The van der Waals surface area contributed by atoms with E-state index in [1.165, 1.54) is 12.8 Å². The van der Waals surface area contributed by atoms with Gasteiger partial charge in [-0.15, -0.1) is 0 Å². The average molecular weight is 300 g/mol. The number of hydrogen-bond donors (Lipinski definition) is 2. The minimum absolute atomic E-state index is 0.215. The molecule has 0 saturated heterocycles. The van der Waals surface area contributed by atoms with Gasteiger partial charge >= 0.3 is 0 Å². The standard InChI is InChI=1S/C14H19ClN2O3/c1-2-19-12-6-9(7-17-10-3-4-10)5-11(15)14(12)20-8-13(16)18/h5-6,10,17H,2-4,7-8H2,1H3,(H2,16,18)/p+1. The van der Waals surface area contributed by atoms with Gasteiger partial charge in [0.15, 0.2) is 18.1 Å². The summed E-state index contributed by atoms with van der Waals surface area (Å²) >= 11 is 6.21. The molecular formula is C14H20ClN2O3+. The first kappa shape index (κ1) is 14.9. The summed E-state index contributed by atoms with van der Waals surface area (Å²) in [6.45, 7) is 3.03. The quantitative estimate of drug-likeness (QED) is 0.746. The molecule has 6 heteroatoms. The van der Waals surface area contributed by atoms with Gasteiger partial charge in [0.25, 0.3) is 5.91 Å². The molecule has 1 fully saturated rings. The predicted molar refractivity (Wildman–Crippen MR) is 76.0 cm³/mol. The molecule has 0 unspecified atom stereocenters. The van der Waals surface area contributed by atoms with E-state index in [9.17, 15) is 4.79 Å². The lowest BCUT2D eigenvalue weighted by molar-refractivity contribution is -0.683. The minimum atomic E-state index is -0.547. The van der Waals surface area contributed by atoms with Gasteiger partial charge in [0.2, 0.25) is 0 Å². The monoisotopic (exact) mass is 299 g/mol. The van der Waals surface area contributed by atoms with Crippen LogP contribution in [0.3, 0.4) is 0 Å². The first-order chi connectivity index (χ1) is 9.60. The normalized spacial score (nSPS) is 14.1. The van der Waals surface area contributed by atoms with Crippen LogP contribution >= 0.6 is 11.6 Å². The summed E-state index contributed by atoms with van der Waals surface area (Å²) < 4.78 is 10.9. The Bertz CT molecular complexity index is 490. The van der Waals surface area contributed by atoms with Crippen molar-refractivity contribution in [3.63, 3.8) is 0 Å². The Morgan fingerprint density at radius 2 is 2.20 bits per heavy atom. The Morgan fingerprint density at radius 1 is 1.45 bits per heavy atom. The van der Waals surface area contributed by atoms with Crippen molar-refractivity contribution in [3.05, 3.63) is 22.7 Å². The highest BCUT2D eigenvalue weighted by atomic mass is 35.5. The van der Waals surface area contributed by atoms with Gasteiger partial charge < -0.3 is 20.5 Å². The van der Waals surface area contributed by atoms with Crippen LogP contribution in [0.4, 0.5) is 0 Å². The van der Waals surface area contributed by atoms with Crippen molar-refractivity contribution in [2.45, 2.75) is 32.4 Å². The Kier molecular flexibility index (Phi) is 5.09. The number of benzene rings is 1. The highest BCUT2D eigenvalue weighted by Crippen LogP contribution is 2.36. The van der Waals surface area contributed by atoms with Crippen LogP contribution in [0.25, 0.3) is 0 Å². The second-order valence-electron chi connectivity index (χ2n) is 4.87. The second-order valence-corrected chi connectivity index (χ2v) is 5.28. The van der Waals surface area contributed by atoms with Gasteiger partial charge in [-0.05, 0) is 19.1 Å². The van der Waals surface area contributed by atoms with Gasteiger partial charge in [-0.1, -0.05) is 11.6 Å². The molecule has 1 aromatic carbocycles. The van der Waals surface area contributed by atoms with E-state index in [0.717, 1.165) is 18.2 Å². The van der Waals surface area contributed by atoms with Crippen molar-refractivity contribution >= 4 is 17.5 Å². The fourth-order valence-corrected chi connectivity index (χ4v) is 2.21. The third-order valence-corrected chi connectivity index (χ3v) is 3.32. The number of carbonyl (C=O) groups excluding carboxylic acids is 1. The van der Waals surface area contributed by atoms with Crippen molar-refractivity contribution in [2.24, 2.45) is 5.73 Å². The van der Waals surface area contributed by atoms with E-state index in [-0.39, 0.29) is 6.61 Å². The summed E-state index contributed by atoms with van der Waals surface area (Å²) in [5.74, 6) is 0.387. The number of primary amides is 1. The fourth-order valence-electron chi connectivity index (χ4n) is 1.92. The van der Waals surface area contributed by atoms with Gasteiger partial charge in [0.05, 0.1) is 17.7 Å². The molecule has 0 heterocycles. The van der Waals surface area contributed by atoms with Gasteiger partial charge in [-0.2, -0.15) is 0 Å². The third kappa shape index (κ3) is 4.28. The summed E-state index contributed by atoms with van der Waals surface area (Å²) in [7, 11) is 0. The maximum absolute atomic E-state index is 10.8. The van der Waals surface area contributed by atoms with Crippen molar-refractivity contribution in [3.8, 4) is 11.5 Å². The number of amides is 1. The molecule has 0 atom stereocenters. The fraction of sp³-hybridized carbons (Fsp3) is 0.500. The highest BCUT2D eigenvalue weighted by molar-refractivity contribution is 6.32. The molecule has 5 nitrogen and oxygen atoms in total. The van der Waals surface area contributed by atoms with Gasteiger partial charge in [0.1, 0.15) is 6.54 Å². The highest BCUT2D eigenvalue weighted by Gasteiger charge is 2.25. The van der Waals surface area contributed by atoms with Crippen LogP contribution in [0.15, 0.2) is 12.1 Å². The number of quaternary nitrogens is 1. The van der Waals surface area contributed by atoms with E-state index in [4.69, 9.17) is 26.8 Å². The zero-order valence-electron chi connectivity index (χ0n) is 11.5. The number of hydrogen-bond acceptors (Lipinski definition) is 3.